The van der Waals surface area contributed by atoms with Crippen molar-refractivity contribution in [1.82, 2.24) is 20.8 Å². The lowest BCUT2D eigenvalue weighted by Gasteiger charge is -2.40. The minimum Gasteiger partial charge on any atom is -0.377 e. The number of nitrogens with one attached hydrogen (secondary N) is 2. The molecule has 0 saturated carbocycles. The number of nitrogens with zero attached hydrogens (tertiary/aromatic N) is 3. The Labute approximate surface area is 177 Å². The van der Waals surface area contributed by atoms with Crippen LogP contribution in [0.4, 0.5) is 0 Å². The predicted molar refractivity (Wildman–Crippen MR) is 115 cm³/mol. The van der Waals surface area contributed by atoms with Crippen molar-refractivity contribution in [3.8, 4) is 11.4 Å². The van der Waals surface area contributed by atoms with Crippen LogP contribution in [0.15, 0.2) is 33.8 Å². The van der Waals surface area contributed by atoms with Crippen LogP contribution >= 0.6 is 11.6 Å². The summed E-state index contributed by atoms with van der Waals surface area (Å²) in [7, 11) is 1.75. The third-order valence-corrected chi connectivity index (χ3v) is 5.25. The molecule has 2 N–H and O–H groups in total. The van der Waals surface area contributed by atoms with E-state index in [-0.39, 0.29) is 11.5 Å². The first kappa shape index (κ1) is 21.6. The quantitative estimate of drug-likeness (QED) is 0.564. The second kappa shape index (κ2) is 9.59. The zero-order valence-corrected chi connectivity index (χ0v) is 18.3. The summed E-state index contributed by atoms with van der Waals surface area (Å²) in [6, 6.07) is 7.37. The molecule has 3 rings (SSSR count). The van der Waals surface area contributed by atoms with Crippen LogP contribution in [0.1, 0.15) is 39.5 Å². The first-order chi connectivity index (χ1) is 13.9. The molecule has 1 aliphatic rings. The monoisotopic (exact) mass is 419 g/mol. The van der Waals surface area contributed by atoms with Crippen molar-refractivity contribution in [2.24, 2.45) is 16.3 Å². The number of hydrogen-bond acceptors (Lipinski definition) is 5. The fourth-order valence-corrected chi connectivity index (χ4v) is 3.88. The van der Waals surface area contributed by atoms with Gasteiger partial charge in [0.2, 0.25) is 11.7 Å². The van der Waals surface area contributed by atoms with Gasteiger partial charge in [0.05, 0.1) is 12.6 Å². The van der Waals surface area contributed by atoms with Gasteiger partial charge in [-0.2, -0.15) is 4.98 Å². The maximum Gasteiger partial charge on any atom is 0.246 e. The number of ether oxygens (including phenoxy) is 1. The molecule has 0 bridgehead atoms. The molecule has 1 saturated heterocycles. The third-order valence-electron chi connectivity index (χ3n) is 5.01. The molecule has 0 spiro atoms. The van der Waals surface area contributed by atoms with E-state index in [2.05, 4.69) is 46.5 Å². The zero-order valence-electron chi connectivity index (χ0n) is 17.5. The van der Waals surface area contributed by atoms with Crippen LogP contribution < -0.4 is 10.6 Å². The molecule has 2 heterocycles. The molecule has 0 amide bonds. The second-order valence-corrected chi connectivity index (χ2v) is 8.82. The topological polar surface area (TPSA) is 84.6 Å². The number of halogens is 1. The fraction of sp³-hybridized carbons (Fsp3) is 0.571. The fourth-order valence-electron chi connectivity index (χ4n) is 3.69. The summed E-state index contributed by atoms with van der Waals surface area (Å²) in [5.74, 6) is 2.14. The standard InChI is InChI=1S/C21H30ClN5O2/c1-21(2,3)18-15(8-6-10-28-18)12-24-20(23-4)25-13-17-26-19(27-29-17)14-7-5-9-16(22)11-14/h5,7,9,11,15,18H,6,8,10,12-13H2,1-4H3,(H2,23,24,25). The van der Waals surface area contributed by atoms with E-state index in [1.165, 1.54) is 0 Å². The normalized spacial score (nSPS) is 20.5. The molecule has 2 unspecified atom stereocenters. The maximum atomic E-state index is 6.06. The third kappa shape index (κ3) is 5.93. The molecule has 0 radical (unpaired) electrons. The lowest BCUT2D eigenvalue weighted by atomic mass is 9.78. The van der Waals surface area contributed by atoms with Gasteiger partial charge in [0.25, 0.3) is 0 Å². The highest BCUT2D eigenvalue weighted by molar-refractivity contribution is 6.30. The Morgan fingerprint density at radius 2 is 2.14 bits per heavy atom. The van der Waals surface area contributed by atoms with Gasteiger partial charge in [0.1, 0.15) is 0 Å². The van der Waals surface area contributed by atoms with Crippen molar-refractivity contribution in [2.75, 3.05) is 20.2 Å². The number of aromatic nitrogens is 2. The number of benzene rings is 1. The molecule has 0 aliphatic carbocycles. The van der Waals surface area contributed by atoms with E-state index >= 15 is 0 Å². The molecular weight excluding hydrogens is 390 g/mol. The van der Waals surface area contributed by atoms with Gasteiger partial charge in [-0.3, -0.25) is 4.99 Å². The number of rotatable bonds is 5. The number of hydrogen-bond donors (Lipinski definition) is 2. The Morgan fingerprint density at radius 1 is 1.31 bits per heavy atom. The lowest BCUT2D eigenvalue weighted by molar-refractivity contribution is -0.0835. The SMILES string of the molecule is CN=C(NCc1nc(-c2cccc(Cl)c2)no1)NCC1CCCOC1C(C)(C)C. The van der Waals surface area contributed by atoms with Crippen molar-refractivity contribution in [2.45, 2.75) is 46.3 Å². The van der Waals surface area contributed by atoms with Gasteiger partial charge < -0.3 is 19.9 Å². The Kier molecular flexibility index (Phi) is 7.14. The Bertz CT molecular complexity index is 830. The second-order valence-electron chi connectivity index (χ2n) is 8.39. The first-order valence-corrected chi connectivity index (χ1v) is 10.4. The Balaban J connectivity index is 1.53. The molecule has 1 fully saturated rings. The van der Waals surface area contributed by atoms with Crippen LogP contribution in [0, 0.1) is 11.3 Å². The van der Waals surface area contributed by atoms with Crippen molar-refractivity contribution >= 4 is 17.6 Å². The summed E-state index contributed by atoms with van der Waals surface area (Å²) in [6.07, 6.45) is 2.48. The van der Waals surface area contributed by atoms with E-state index in [0.717, 1.165) is 31.6 Å². The molecular formula is C21H30ClN5O2. The van der Waals surface area contributed by atoms with E-state index in [0.29, 0.717) is 35.2 Å². The summed E-state index contributed by atoms with van der Waals surface area (Å²) in [6.45, 7) is 8.73. The summed E-state index contributed by atoms with van der Waals surface area (Å²) in [4.78, 5) is 8.72. The summed E-state index contributed by atoms with van der Waals surface area (Å²) >= 11 is 6.03. The van der Waals surface area contributed by atoms with E-state index in [1.807, 2.05) is 24.3 Å². The molecule has 1 aromatic heterocycles. The minimum atomic E-state index is 0.115. The zero-order chi connectivity index (χ0) is 20.9. The Morgan fingerprint density at radius 3 is 2.86 bits per heavy atom. The minimum absolute atomic E-state index is 0.115. The summed E-state index contributed by atoms with van der Waals surface area (Å²) in [5.41, 5.74) is 0.935. The maximum absolute atomic E-state index is 6.06. The molecule has 7 nitrogen and oxygen atoms in total. The van der Waals surface area contributed by atoms with E-state index in [9.17, 15) is 0 Å². The van der Waals surface area contributed by atoms with Crippen LogP contribution in [-0.4, -0.2) is 42.4 Å². The Hall–Kier alpha value is -2.12. The van der Waals surface area contributed by atoms with Crippen LogP contribution in [0.5, 0.6) is 0 Å². The summed E-state index contributed by atoms with van der Waals surface area (Å²) in [5, 5.41) is 11.3. The van der Waals surface area contributed by atoms with Gasteiger partial charge in [-0.15, -0.1) is 0 Å². The van der Waals surface area contributed by atoms with E-state index in [4.69, 9.17) is 20.9 Å². The summed E-state index contributed by atoms with van der Waals surface area (Å²) < 4.78 is 11.4. The van der Waals surface area contributed by atoms with Crippen molar-refractivity contribution in [3.05, 3.63) is 35.2 Å². The average molecular weight is 420 g/mol. The van der Waals surface area contributed by atoms with Crippen LogP contribution in [0.2, 0.25) is 5.02 Å². The van der Waals surface area contributed by atoms with Gasteiger partial charge in [0.15, 0.2) is 5.96 Å². The highest BCUT2D eigenvalue weighted by atomic mass is 35.5. The molecule has 8 heteroatoms. The van der Waals surface area contributed by atoms with Crippen molar-refractivity contribution in [1.29, 1.82) is 0 Å². The molecule has 158 valence electrons. The smallest absolute Gasteiger partial charge is 0.246 e. The molecule has 29 heavy (non-hydrogen) atoms. The van der Waals surface area contributed by atoms with Gasteiger partial charge in [0, 0.05) is 36.7 Å². The average Bonchev–Trinajstić information content (AvgIpc) is 3.17. The predicted octanol–water partition coefficient (Wildman–Crippen LogP) is 3.90. The highest BCUT2D eigenvalue weighted by Gasteiger charge is 2.35. The van der Waals surface area contributed by atoms with E-state index < -0.39 is 0 Å². The number of aliphatic imine (C=N–C) groups is 1. The highest BCUT2D eigenvalue weighted by Crippen LogP contribution is 2.33. The first-order valence-electron chi connectivity index (χ1n) is 10.0. The van der Waals surface area contributed by atoms with Crippen molar-refractivity contribution < 1.29 is 9.26 Å². The van der Waals surface area contributed by atoms with Gasteiger partial charge in [-0.1, -0.05) is 49.7 Å². The van der Waals surface area contributed by atoms with Crippen LogP contribution in [0.3, 0.4) is 0 Å². The lowest BCUT2D eigenvalue weighted by Crippen LogP contribution is -2.47. The molecule has 2 aromatic rings. The molecule has 2 atom stereocenters. The van der Waals surface area contributed by atoms with Crippen LogP contribution in [-0.2, 0) is 11.3 Å². The number of guanidine groups is 1. The van der Waals surface area contributed by atoms with E-state index in [1.54, 1.807) is 7.05 Å². The van der Waals surface area contributed by atoms with Gasteiger partial charge in [-0.05, 0) is 30.4 Å². The largest absolute Gasteiger partial charge is 0.377 e. The van der Waals surface area contributed by atoms with Gasteiger partial charge >= 0.3 is 0 Å². The molecule has 1 aromatic carbocycles. The van der Waals surface area contributed by atoms with Gasteiger partial charge in [-0.25, -0.2) is 0 Å². The van der Waals surface area contributed by atoms with Crippen LogP contribution in [0.25, 0.3) is 11.4 Å². The van der Waals surface area contributed by atoms with Crippen molar-refractivity contribution in [3.63, 3.8) is 0 Å². The molecule has 1 aliphatic heterocycles.